The van der Waals surface area contributed by atoms with Gasteiger partial charge in [-0.05, 0) is 37.6 Å². The minimum absolute atomic E-state index is 0.0641. The number of piperidine rings is 1. The number of hydrogen-bond donors (Lipinski definition) is 2. The third-order valence-corrected chi connectivity index (χ3v) is 4.17. The van der Waals surface area contributed by atoms with Crippen LogP contribution in [0.15, 0.2) is 36.4 Å². The molecule has 2 N–H and O–H groups in total. The average Bonchev–Trinajstić information content (AvgIpc) is 2.61. The smallest absolute Gasteiger partial charge is 0.364 e. The third-order valence-electron chi connectivity index (χ3n) is 4.17. The van der Waals surface area contributed by atoms with Gasteiger partial charge in [0.25, 0.3) is 0 Å². The van der Waals surface area contributed by atoms with Crippen LogP contribution in [0.25, 0.3) is 0 Å². The van der Waals surface area contributed by atoms with Crippen molar-refractivity contribution in [3.63, 3.8) is 0 Å². The van der Waals surface area contributed by atoms with Gasteiger partial charge in [-0.25, -0.2) is 0 Å². The predicted molar refractivity (Wildman–Crippen MR) is 85.6 cm³/mol. The number of hydrogen-bond acceptors (Lipinski definition) is 4. The van der Waals surface area contributed by atoms with Gasteiger partial charge in [-0.15, -0.1) is 5.10 Å². The largest absolute Gasteiger partial charge is 0.418 e. The number of aromatic nitrogens is 2. The molecule has 24 heavy (non-hydrogen) atoms. The van der Waals surface area contributed by atoms with Gasteiger partial charge in [-0.2, -0.15) is 18.3 Å². The Hall–Kier alpha value is -2.15. The molecule has 1 fully saturated rings. The molecule has 0 bridgehead atoms. The zero-order valence-electron chi connectivity index (χ0n) is 13.1. The Morgan fingerprint density at radius 1 is 1.08 bits per heavy atom. The number of anilines is 1. The van der Waals surface area contributed by atoms with Crippen LogP contribution in [0, 0.1) is 0 Å². The molecule has 0 aliphatic carbocycles. The quantitative estimate of drug-likeness (QED) is 0.896. The summed E-state index contributed by atoms with van der Waals surface area (Å²) in [6.45, 7) is 1.81. The molecule has 0 unspecified atom stereocenters. The topological polar surface area (TPSA) is 49.8 Å². The van der Waals surface area contributed by atoms with Gasteiger partial charge in [0.2, 0.25) is 0 Å². The maximum atomic E-state index is 13.4. The lowest BCUT2D eigenvalue weighted by atomic mass is 9.91. The molecule has 0 radical (unpaired) electrons. The molecule has 1 aromatic carbocycles. The standard InChI is InChI=1S/C17H19F3N4/c18-17(19,20)14-10-15(22-11-12-4-2-1-3-5-12)23-24-16(14)13-6-8-21-9-7-13/h1-5,10,13,21H,6-9,11H2,(H,22,23). The highest BCUT2D eigenvalue weighted by atomic mass is 19.4. The van der Waals surface area contributed by atoms with Gasteiger partial charge in [-0.3, -0.25) is 0 Å². The highest BCUT2D eigenvalue weighted by molar-refractivity contribution is 5.41. The van der Waals surface area contributed by atoms with E-state index in [2.05, 4.69) is 20.8 Å². The fraction of sp³-hybridized carbons (Fsp3) is 0.412. The van der Waals surface area contributed by atoms with E-state index in [0.29, 0.717) is 32.5 Å². The molecular weight excluding hydrogens is 317 g/mol. The fourth-order valence-electron chi connectivity index (χ4n) is 2.90. The van der Waals surface area contributed by atoms with E-state index in [1.54, 1.807) is 0 Å². The van der Waals surface area contributed by atoms with Crippen molar-refractivity contribution in [3.05, 3.63) is 53.2 Å². The summed E-state index contributed by atoms with van der Waals surface area (Å²) in [7, 11) is 0. The predicted octanol–water partition coefficient (Wildman–Crippen LogP) is 3.57. The van der Waals surface area contributed by atoms with Gasteiger partial charge in [0.1, 0.15) is 5.82 Å². The highest BCUT2D eigenvalue weighted by Gasteiger charge is 2.37. The van der Waals surface area contributed by atoms with Crippen LogP contribution in [0.2, 0.25) is 0 Å². The van der Waals surface area contributed by atoms with Crippen LogP contribution >= 0.6 is 0 Å². The van der Waals surface area contributed by atoms with Gasteiger partial charge in [0, 0.05) is 12.5 Å². The van der Waals surface area contributed by atoms with Gasteiger partial charge in [0.05, 0.1) is 11.3 Å². The van der Waals surface area contributed by atoms with E-state index in [9.17, 15) is 13.2 Å². The van der Waals surface area contributed by atoms with Gasteiger partial charge >= 0.3 is 6.18 Å². The van der Waals surface area contributed by atoms with Crippen LogP contribution in [-0.2, 0) is 12.7 Å². The van der Waals surface area contributed by atoms with E-state index in [4.69, 9.17) is 0 Å². The molecule has 2 aromatic rings. The summed E-state index contributed by atoms with van der Waals surface area (Å²) in [4.78, 5) is 0. The average molecular weight is 336 g/mol. The first-order valence-electron chi connectivity index (χ1n) is 7.97. The van der Waals surface area contributed by atoms with E-state index >= 15 is 0 Å². The van der Waals surface area contributed by atoms with Crippen molar-refractivity contribution in [2.75, 3.05) is 18.4 Å². The molecule has 0 spiro atoms. The first kappa shape index (κ1) is 16.7. The Morgan fingerprint density at radius 3 is 2.46 bits per heavy atom. The van der Waals surface area contributed by atoms with Crippen molar-refractivity contribution in [1.29, 1.82) is 0 Å². The summed E-state index contributed by atoms with van der Waals surface area (Å²) in [6.07, 6.45) is -3.14. The number of alkyl halides is 3. The van der Waals surface area contributed by atoms with E-state index in [-0.39, 0.29) is 17.4 Å². The van der Waals surface area contributed by atoms with Gasteiger partial charge in [0.15, 0.2) is 0 Å². The number of nitrogens with zero attached hydrogens (tertiary/aromatic N) is 2. The van der Waals surface area contributed by atoms with Crippen LogP contribution in [0.3, 0.4) is 0 Å². The van der Waals surface area contributed by atoms with Crippen molar-refractivity contribution >= 4 is 5.82 Å². The lowest BCUT2D eigenvalue weighted by molar-refractivity contribution is -0.138. The third kappa shape index (κ3) is 4.03. The first-order chi connectivity index (χ1) is 11.5. The molecule has 128 valence electrons. The molecule has 4 nitrogen and oxygen atoms in total. The minimum atomic E-state index is -4.43. The van der Waals surface area contributed by atoms with E-state index in [1.807, 2.05) is 30.3 Å². The number of rotatable bonds is 4. The molecule has 1 saturated heterocycles. The van der Waals surface area contributed by atoms with E-state index in [0.717, 1.165) is 11.6 Å². The Balaban J connectivity index is 1.81. The van der Waals surface area contributed by atoms with Crippen molar-refractivity contribution in [3.8, 4) is 0 Å². The summed E-state index contributed by atoms with van der Waals surface area (Å²) in [5, 5.41) is 14.0. The lowest BCUT2D eigenvalue weighted by Crippen LogP contribution is -2.28. The zero-order valence-corrected chi connectivity index (χ0v) is 13.1. The summed E-state index contributed by atoms with van der Waals surface area (Å²) in [5.41, 5.74) is 0.351. The molecular formula is C17H19F3N4. The fourth-order valence-corrected chi connectivity index (χ4v) is 2.90. The first-order valence-corrected chi connectivity index (χ1v) is 7.97. The maximum Gasteiger partial charge on any atom is 0.418 e. The molecule has 1 aliphatic rings. The normalized spacial score (nSPS) is 16.1. The van der Waals surface area contributed by atoms with Crippen molar-refractivity contribution < 1.29 is 13.2 Å². The summed E-state index contributed by atoms with van der Waals surface area (Å²) >= 11 is 0. The summed E-state index contributed by atoms with van der Waals surface area (Å²) in [5.74, 6) is -0.0533. The number of nitrogens with one attached hydrogen (secondary N) is 2. The van der Waals surface area contributed by atoms with Crippen LogP contribution in [0.5, 0.6) is 0 Å². The second-order valence-electron chi connectivity index (χ2n) is 5.89. The van der Waals surface area contributed by atoms with Gasteiger partial charge < -0.3 is 10.6 Å². The Morgan fingerprint density at radius 2 is 1.79 bits per heavy atom. The Kier molecular flexibility index (Phi) is 4.99. The summed E-state index contributed by atoms with van der Waals surface area (Å²) < 4.78 is 40.3. The van der Waals surface area contributed by atoms with E-state index < -0.39 is 11.7 Å². The van der Waals surface area contributed by atoms with Gasteiger partial charge in [-0.1, -0.05) is 30.3 Å². The van der Waals surface area contributed by atoms with Crippen LogP contribution in [0.1, 0.15) is 35.6 Å². The van der Waals surface area contributed by atoms with Crippen LogP contribution < -0.4 is 10.6 Å². The molecule has 1 aromatic heterocycles. The van der Waals surface area contributed by atoms with Crippen LogP contribution in [0.4, 0.5) is 19.0 Å². The molecule has 2 heterocycles. The molecule has 0 atom stereocenters. The van der Waals surface area contributed by atoms with Crippen LogP contribution in [-0.4, -0.2) is 23.3 Å². The summed E-state index contributed by atoms with van der Waals surface area (Å²) in [6, 6.07) is 10.5. The number of halogens is 3. The second-order valence-corrected chi connectivity index (χ2v) is 5.89. The molecule has 7 heteroatoms. The number of benzene rings is 1. The van der Waals surface area contributed by atoms with Crippen molar-refractivity contribution in [2.24, 2.45) is 0 Å². The molecule has 1 aliphatic heterocycles. The minimum Gasteiger partial charge on any atom is -0.364 e. The maximum absolute atomic E-state index is 13.4. The zero-order chi connectivity index (χ0) is 17.0. The SMILES string of the molecule is FC(F)(F)c1cc(NCc2ccccc2)nnc1C1CCNCC1. The van der Waals surface area contributed by atoms with E-state index in [1.165, 1.54) is 0 Å². The Labute approximate surface area is 138 Å². The van der Waals surface area contributed by atoms with Crippen molar-refractivity contribution in [2.45, 2.75) is 31.5 Å². The Bertz CT molecular complexity index is 667. The monoisotopic (exact) mass is 336 g/mol. The molecule has 3 rings (SSSR count). The van der Waals surface area contributed by atoms with Crippen molar-refractivity contribution in [1.82, 2.24) is 15.5 Å². The lowest BCUT2D eigenvalue weighted by Gasteiger charge is -2.24. The highest BCUT2D eigenvalue weighted by Crippen LogP contribution is 2.37. The molecule has 0 saturated carbocycles. The second kappa shape index (κ2) is 7.17. The molecule has 0 amide bonds.